The van der Waals surface area contributed by atoms with Crippen molar-refractivity contribution < 1.29 is 4.39 Å². The summed E-state index contributed by atoms with van der Waals surface area (Å²) >= 11 is 0. The molecule has 0 unspecified atom stereocenters. The van der Waals surface area contributed by atoms with Gasteiger partial charge < -0.3 is 5.73 Å². The number of hydrogen-bond acceptors (Lipinski definition) is 3. The highest BCUT2D eigenvalue weighted by Gasteiger charge is 2.11. The van der Waals surface area contributed by atoms with Crippen molar-refractivity contribution in [3.63, 3.8) is 0 Å². The second-order valence-electron chi connectivity index (χ2n) is 3.43. The summed E-state index contributed by atoms with van der Waals surface area (Å²) in [4.78, 5) is 0. The first-order chi connectivity index (χ1) is 7.09. The van der Waals surface area contributed by atoms with Crippen LogP contribution in [0.1, 0.15) is 11.3 Å². The fourth-order valence-corrected chi connectivity index (χ4v) is 1.35. The molecule has 0 saturated carbocycles. The standard InChI is InChI=1S/C10H11FN4/c1-6-3-4-8(11)9(5-6)15-7(2)10(12)13-14-15/h3-5H,12H2,1-2H3. The number of benzene rings is 1. The van der Waals surface area contributed by atoms with Crippen LogP contribution in [0.25, 0.3) is 5.69 Å². The van der Waals surface area contributed by atoms with Crippen molar-refractivity contribution in [3.05, 3.63) is 35.3 Å². The molecular weight excluding hydrogens is 195 g/mol. The molecule has 1 aromatic carbocycles. The van der Waals surface area contributed by atoms with E-state index in [-0.39, 0.29) is 5.82 Å². The Labute approximate surface area is 86.5 Å². The fraction of sp³-hybridized carbons (Fsp3) is 0.200. The molecule has 78 valence electrons. The van der Waals surface area contributed by atoms with Gasteiger partial charge in [-0.3, -0.25) is 0 Å². The molecule has 0 spiro atoms. The maximum Gasteiger partial charge on any atom is 0.169 e. The van der Waals surface area contributed by atoms with Crippen molar-refractivity contribution in [1.82, 2.24) is 15.0 Å². The average Bonchev–Trinajstić information content (AvgIpc) is 2.52. The lowest BCUT2D eigenvalue weighted by atomic mass is 10.2. The van der Waals surface area contributed by atoms with E-state index in [1.54, 1.807) is 19.1 Å². The Bertz CT molecular complexity index is 504. The monoisotopic (exact) mass is 206 g/mol. The first-order valence-corrected chi connectivity index (χ1v) is 4.54. The molecule has 0 atom stereocenters. The molecule has 1 aromatic heterocycles. The second kappa shape index (κ2) is 3.34. The quantitative estimate of drug-likeness (QED) is 0.771. The van der Waals surface area contributed by atoms with E-state index in [4.69, 9.17) is 5.73 Å². The number of aryl methyl sites for hydroxylation is 1. The summed E-state index contributed by atoms with van der Waals surface area (Å²) in [5.74, 6) is -0.0236. The summed E-state index contributed by atoms with van der Waals surface area (Å²) in [6.07, 6.45) is 0. The smallest absolute Gasteiger partial charge is 0.169 e. The molecule has 0 aliphatic rings. The normalized spacial score (nSPS) is 10.6. The van der Waals surface area contributed by atoms with E-state index in [1.807, 2.05) is 6.92 Å². The highest BCUT2D eigenvalue weighted by atomic mass is 19.1. The first kappa shape index (κ1) is 9.64. The van der Waals surface area contributed by atoms with Gasteiger partial charge in [0, 0.05) is 0 Å². The van der Waals surface area contributed by atoms with Crippen molar-refractivity contribution in [2.45, 2.75) is 13.8 Å². The number of nitrogen functional groups attached to an aromatic ring is 1. The van der Waals surface area contributed by atoms with Crippen LogP contribution in [0.4, 0.5) is 10.2 Å². The van der Waals surface area contributed by atoms with Crippen molar-refractivity contribution >= 4 is 5.82 Å². The molecule has 1 heterocycles. The predicted octanol–water partition coefficient (Wildman–Crippen LogP) is 1.61. The molecule has 2 aromatic rings. The van der Waals surface area contributed by atoms with Crippen molar-refractivity contribution in [3.8, 4) is 5.69 Å². The van der Waals surface area contributed by atoms with Gasteiger partial charge in [-0.1, -0.05) is 11.3 Å². The Balaban J connectivity index is 2.63. The lowest BCUT2D eigenvalue weighted by molar-refractivity contribution is 0.604. The Morgan fingerprint density at radius 1 is 1.33 bits per heavy atom. The van der Waals surface area contributed by atoms with Crippen LogP contribution in [0.15, 0.2) is 18.2 Å². The average molecular weight is 206 g/mol. The largest absolute Gasteiger partial charge is 0.381 e. The van der Waals surface area contributed by atoms with Gasteiger partial charge in [-0.15, -0.1) is 5.10 Å². The zero-order valence-electron chi connectivity index (χ0n) is 8.53. The highest BCUT2D eigenvalue weighted by Crippen LogP contribution is 2.17. The summed E-state index contributed by atoms with van der Waals surface area (Å²) in [6.45, 7) is 3.63. The maximum absolute atomic E-state index is 13.5. The van der Waals surface area contributed by atoms with Crippen molar-refractivity contribution in [1.29, 1.82) is 0 Å². The molecule has 2 rings (SSSR count). The summed E-state index contributed by atoms with van der Waals surface area (Å²) < 4.78 is 14.9. The minimum Gasteiger partial charge on any atom is -0.381 e. The lowest BCUT2D eigenvalue weighted by Gasteiger charge is -2.05. The molecule has 4 nitrogen and oxygen atoms in total. The highest BCUT2D eigenvalue weighted by molar-refractivity contribution is 5.42. The van der Waals surface area contributed by atoms with Crippen LogP contribution < -0.4 is 5.73 Å². The molecule has 0 radical (unpaired) electrons. The summed E-state index contributed by atoms with van der Waals surface area (Å²) in [5, 5.41) is 7.48. The summed E-state index contributed by atoms with van der Waals surface area (Å²) in [5.41, 5.74) is 7.52. The van der Waals surface area contributed by atoms with Crippen LogP contribution >= 0.6 is 0 Å². The molecule has 0 aliphatic carbocycles. The van der Waals surface area contributed by atoms with Crippen molar-refractivity contribution in [2.75, 3.05) is 5.73 Å². The Morgan fingerprint density at radius 3 is 2.67 bits per heavy atom. The third kappa shape index (κ3) is 1.56. The van der Waals surface area contributed by atoms with E-state index in [0.717, 1.165) is 5.56 Å². The number of halogens is 1. The van der Waals surface area contributed by atoms with Crippen LogP contribution in [-0.2, 0) is 0 Å². The molecule has 0 aliphatic heterocycles. The predicted molar refractivity (Wildman–Crippen MR) is 55.2 cm³/mol. The summed E-state index contributed by atoms with van der Waals surface area (Å²) in [7, 11) is 0. The third-order valence-electron chi connectivity index (χ3n) is 2.26. The van der Waals surface area contributed by atoms with E-state index in [9.17, 15) is 4.39 Å². The molecule has 5 heteroatoms. The van der Waals surface area contributed by atoms with Gasteiger partial charge in [0.2, 0.25) is 0 Å². The van der Waals surface area contributed by atoms with E-state index in [1.165, 1.54) is 10.7 Å². The number of nitrogens with two attached hydrogens (primary N) is 1. The number of nitrogens with zero attached hydrogens (tertiary/aromatic N) is 3. The zero-order valence-corrected chi connectivity index (χ0v) is 8.53. The molecule has 2 N–H and O–H groups in total. The Morgan fingerprint density at radius 2 is 2.07 bits per heavy atom. The zero-order chi connectivity index (χ0) is 11.0. The summed E-state index contributed by atoms with van der Waals surface area (Å²) in [6, 6.07) is 4.81. The third-order valence-corrected chi connectivity index (χ3v) is 2.26. The minimum atomic E-state index is -0.339. The number of anilines is 1. The minimum absolute atomic E-state index is 0.316. The van der Waals surface area contributed by atoms with E-state index < -0.39 is 0 Å². The van der Waals surface area contributed by atoms with Gasteiger partial charge in [0.05, 0.1) is 5.69 Å². The van der Waals surface area contributed by atoms with Crippen molar-refractivity contribution in [2.24, 2.45) is 0 Å². The topological polar surface area (TPSA) is 56.7 Å². The number of aromatic nitrogens is 3. The van der Waals surface area contributed by atoms with Gasteiger partial charge in [0.15, 0.2) is 5.82 Å². The van der Waals surface area contributed by atoms with Gasteiger partial charge in [-0.05, 0) is 31.5 Å². The molecule has 0 fully saturated rings. The molecule has 0 saturated heterocycles. The second-order valence-corrected chi connectivity index (χ2v) is 3.43. The van der Waals surface area contributed by atoms with Crippen LogP contribution in [0.5, 0.6) is 0 Å². The van der Waals surface area contributed by atoms with Crippen LogP contribution in [0.3, 0.4) is 0 Å². The number of rotatable bonds is 1. The maximum atomic E-state index is 13.5. The van der Waals surface area contributed by atoms with Gasteiger partial charge in [-0.25, -0.2) is 9.07 Å². The van der Waals surface area contributed by atoms with Gasteiger partial charge >= 0.3 is 0 Å². The van der Waals surface area contributed by atoms with Crippen LogP contribution in [-0.4, -0.2) is 15.0 Å². The number of hydrogen-bond donors (Lipinski definition) is 1. The Kier molecular flexibility index (Phi) is 2.15. The molecule has 15 heavy (non-hydrogen) atoms. The van der Waals surface area contributed by atoms with Gasteiger partial charge in [-0.2, -0.15) is 0 Å². The van der Waals surface area contributed by atoms with Crippen LogP contribution in [0.2, 0.25) is 0 Å². The molecule has 0 amide bonds. The molecular formula is C10H11FN4. The van der Waals surface area contributed by atoms with E-state index in [2.05, 4.69) is 10.3 Å². The molecule has 0 bridgehead atoms. The van der Waals surface area contributed by atoms with Gasteiger partial charge in [0.25, 0.3) is 0 Å². The first-order valence-electron chi connectivity index (χ1n) is 4.54. The SMILES string of the molecule is Cc1ccc(F)c(-n2nnc(N)c2C)c1. The van der Waals surface area contributed by atoms with E-state index in [0.29, 0.717) is 17.2 Å². The lowest BCUT2D eigenvalue weighted by Crippen LogP contribution is -2.03. The van der Waals surface area contributed by atoms with Crippen LogP contribution in [0, 0.1) is 19.7 Å². The van der Waals surface area contributed by atoms with E-state index >= 15 is 0 Å². The van der Waals surface area contributed by atoms with Gasteiger partial charge in [0.1, 0.15) is 11.5 Å². The Hall–Kier alpha value is -1.91. The fourth-order valence-electron chi connectivity index (χ4n) is 1.35.